The fraction of sp³-hybridized carbons (Fsp3) is 0.250. The Morgan fingerprint density at radius 3 is 2.46 bits per heavy atom. The Morgan fingerprint density at radius 1 is 1.12 bits per heavy atom. The molecule has 3 rings (SSSR count). The van der Waals surface area contributed by atoms with E-state index < -0.39 is 0 Å². The van der Waals surface area contributed by atoms with Crippen molar-refractivity contribution >= 4 is 30.1 Å². The minimum atomic E-state index is -0.0362. The van der Waals surface area contributed by atoms with Crippen molar-refractivity contribution < 1.29 is 4.79 Å². The Kier molecular flexibility index (Phi) is 4.23. The third kappa shape index (κ3) is 2.84. The van der Waals surface area contributed by atoms with Crippen LogP contribution in [0.5, 0.6) is 0 Å². The van der Waals surface area contributed by atoms with Gasteiger partial charge in [0.25, 0.3) is 5.91 Å². The molecule has 0 unspecified atom stereocenters. The molecule has 0 fully saturated rings. The molecular formula is C20H23BN2O. The summed E-state index contributed by atoms with van der Waals surface area (Å²) in [7, 11) is 4.12. The fourth-order valence-electron chi connectivity index (χ4n) is 3.12. The van der Waals surface area contributed by atoms with Crippen molar-refractivity contribution in [1.29, 1.82) is 0 Å². The van der Waals surface area contributed by atoms with Gasteiger partial charge in [0.05, 0.1) is 6.04 Å². The highest BCUT2D eigenvalue weighted by molar-refractivity contribution is 6.32. The Bertz CT molecular complexity index is 910. The van der Waals surface area contributed by atoms with Gasteiger partial charge in [-0.1, -0.05) is 29.7 Å². The number of carbonyl (C=O) groups is 1. The summed E-state index contributed by atoms with van der Waals surface area (Å²) in [6.45, 7) is 6.22. The highest BCUT2D eigenvalue weighted by atomic mass is 16.1. The van der Waals surface area contributed by atoms with Gasteiger partial charge >= 0.3 is 0 Å². The summed E-state index contributed by atoms with van der Waals surface area (Å²) in [5.41, 5.74) is 6.66. The molecule has 3 aromatic rings. The summed E-state index contributed by atoms with van der Waals surface area (Å²) in [6.07, 6.45) is 0. The maximum Gasteiger partial charge on any atom is 0.251 e. The third-order valence-electron chi connectivity index (χ3n) is 4.99. The molecule has 1 atom stereocenters. The van der Waals surface area contributed by atoms with E-state index in [1.807, 2.05) is 25.1 Å². The van der Waals surface area contributed by atoms with Crippen LogP contribution in [0.25, 0.3) is 10.9 Å². The van der Waals surface area contributed by atoms with E-state index in [0.29, 0.717) is 5.56 Å². The zero-order chi connectivity index (χ0) is 17.4. The lowest BCUT2D eigenvalue weighted by Gasteiger charge is -2.15. The van der Waals surface area contributed by atoms with Gasteiger partial charge in [0.15, 0.2) is 0 Å². The van der Waals surface area contributed by atoms with Crippen LogP contribution in [-0.2, 0) is 7.05 Å². The van der Waals surface area contributed by atoms with Crippen LogP contribution < -0.4 is 10.8 Å². The Balaban J connectivity index is 1.86. The van der Waals surface area contributed by atoms with Crippen molar-refractivity contribution in [1.82, 2.24) is 9.88 Å². The predicted molar refractivity (Wildman–Crippen MR) is 103 cm³/mol. The van der Waals surface area contributed by atoms with E-state index in [0.717, 1.165) is 16.5 Å². The second kappa shape index (κ2) is 6.19. The van der Waals surface area contributed by atoms with Crippen molar-refractivity contribution in [3.8, 4) is 0 Å². The summed E-state index contributed by atoms with van der Waals surface area (Å²) >= 11 is 0. The number of aromatic nitrogens is 1. The van der Waals surface area contributed by atoms with Gasteiger partial charge < -0.3 is 9.88 Å². The van der Waals surface area contributed by atoms with Gasteiger partial charge in [-0.05, 0) is 50.1 Å². The topological polar surface area (TPSA) is 34.0 Å². The minimum absolute atomic E-state index is 0.0209. The molecular weight excluding hydrogens is 295 g/mol. The molecule has 24 heavy (non-hydrogen) atoms. The molecule has 0 saturated carbocycles. The third-order valence-corrected chi connectivity index (χ3v) is 4.99. The van der Waals surface area contributed by atoms with Gasteiger partial charge in [0, 0.05) is 29.2 Å². The van der Waals surface area contributed by atoms with Crippen LogP contribution in [0.3, 0.4) is 0 Å². The Labute approximate surface area is 144 Å². The van der Waals surface area contributed by atoms with Crippen molar-refractivity contribution in [2.24, 2.45) is 7.05 Å². The average Bonchev–Trinajstić information content (AvgIpc) is 2.79. The quantitative estimate of drug-likeness (QED) is 0.740. The molecule has 1 heterocycles. The number of hydrogen-bond donors (Lipinski definition) is 1. The van der Waals surface area contributed by atoms with E-state index in [4.69, 9.17) is 0 Å². The monoisotopic (exact) mass is 318 g/mol. The average molecular weight is 318 g/mol. The number of benzene rings is 2. The first-order valence-electron chi connectivity index (χ1n) is 8.31. The van der Waals surface area contributed by atoms with Gasteiger partial charge in [-0.25, -0.2) is 0 Å². The highest BCUT2D eigenvalue weighted by Gasteiger charge is 2.14. The number of nitrogens with one attached hydrogen (secondary N) is 1. The van der Waals surface area contributed by atoms with Crippen molar-refractivity contribution in [3.63, 3.8) is 0 Å². The minimum Gasteiger partial charge on any atom is -0.348 e. The number of hydrogen-bond acceptors (Lipinski definition) is 1. The number of nitrogens with zero attached hydrogens (tertiary/aromatic N) is 1. The lowest BCUT2D eigenvalue weighted by atomic mass is 9.94. The number of fused-ring (bicyclic) bond motifs is 1. The largest absolute Gasteiger partial charge is 0.348 e. The van der Waals surface area contributed by atoms with E-state index in [9.17, 15) is 4.79 Å². The summed E-state index contributed by atoms with van der Waals surface area (Å²) in [5.74, 6) is -0.0362. The van der Waals surface area contributed by atoms with Crippen molar-refractivity contribution in [2.45, 2.75) is 26.8 Å². The standard InChI is InChI=1S/C20H23BN2O/c1-12-14(3)23(4)19-10-7-16(11-18(12)19)20(24)22-13(2)15-5-8-17(21)9-6-15/h5-11,13H,21H2,1-4H3,(H,22,24)/t13-/m0/s1. The molecule has 122 valence electrons. The molecule has 0 saturated heterocycles. The Morgan fingerprint density at radius 2 is 1.79 bits per heavy atom. The zero-order valence-corrected chi connectivity index (χ0v) is 15.0. The summed E-state index contributed by atoms with van der Waals surface area (Å²) in [4.78, 5) is 12.6. The molecule has 0 aliphatic heterocycles. The first-order chi connectivity index (χ1) is 11.4. The van der Waals surface area contributed by atoms with Crippen LogP contribution in [-0.4, -0.2) is 18.3 Å². The molecule has 0 spiro atoms. The molecule has 3 nitrogen and oxygen atoms in total. The number of carbonyl (C=O) groups excluding carboxylic acids is 1. The first kappa shape index (κ1) is 16.4. The van der Waals surface area contributed by atoms with Crippen LogP contribution >= 0.6 is 0 Å². The summed E-state index contributed by atoms with van der Waals surface area (Å²) < 4.78 is 2.17. The Hall–Kier alpha value is -2.49. The smallest absolute Gasteiger partial charge is 0.251 e. The predicted octanol–water partition coefficient (Wildman–Crippen LogP) is 2.54. The normalized spacial score (nSPS) is 12.3. The van der Waals surface area contributed by atoms with E-state index in [1.54, 1.807) is 0 Å². The van der Waals surface area contributed by atoms with Crippen LogP contribution in [0.2, 0.25) is 0 Å². The maximum absolute atomic E-state index is 12.6. The first-order valence-corrected chi connectivity index (χ1v) is 8.31. The fourth-order valence-corrected chi connectivity index (χ4v) is 3.12. The SMILES string of the molecule is Bc1ccc([C@H](C)NC(=O)c2ccc3c(c2)c(C)c(C)n3C)cc1. The number of amides is 1. The van der Waals surface area contributed by atoms with E-state index in [-0.39, 0.29) is 11.9 Å². The zero-order valence-electron chi connectivity index (χ0n) is 15.0. The van der Waals surface area contributed by atoms with Gasteiger partial charge in [0.1, 0.15) is 7.85 Å². The molecule has 0 aliphatic carbocycles. The van der Waals surface area contributed by atoms with Crippen molar-refractivity contribution in [3.05, 3.63) is 64.8 Å². The molecule has 0 radical (unpaired) electrons. The molecule has 0 aliphatic rings. The second-order valence-corrected chi connectivity index (χ2v) is 6.61. The highest BCUT2D eigenvalue weighted by Crippen LogP contribution is 2.25. The molecule has 1 aromatic heterocycles. The number of aryl methyl sites for hydroxylation is 2. The van der Waals surface area contributed by atoms with Crippen molar-refractivity contribution in [2.75, 3.05) is 0 Å². The molecule has 1 amide bonds. The lowest BCUT2D eigenvalue weighted by molar-refractivity contribution is 0.0940. The van der Waals surface area contributed by atoms with Gasteiger partial charge in [-0.15, -0.1) is 0 Å². The number of rotatable bonds is 3. The van der Waals surface area contributed by atoms with Gasteiger partial charge in [-0.2, -0.15) is 0 Å². The van der Waals surface area contributed by atoms with Crippen LogP contribution in [0, 0.1) is 13.8 Å². The van der Waals surface area contributed by atoms with E-state index in [2.05, 4.69) is 62.9 Å². The molecule has 0 bridgehead atoms. The van der Waals surface area contributed by atoms with Crippen LogP contribution in [0.1, 0.15) is 40.1 Å². The molecule has 4 heteroatoms. The van der Waals surface area contributed by atoms with Gasteiger partial charge in [-0.3, -0.25) is 4.79 Å². The summed E-state index contributed by atoms with van der Waals surface area (Å²) in [6, 6.07) is 14.2. The summed E-state index contributed by atoms with van der Waals surface area (Å²) in [5, 5.41) is 4.24. The van der Waals surface area contributed by atoms with Crippen LogP contribution in [0.15, 0.2) is 42.5 Å². The molecule has 2 aromatic carbocycles. The molecule has 1 N–H and O–H groups in total. The van der Waals surface area contributed by atoms with Gasteiger partial charge in [0.2, 0.25) is 0 Å². The van der Waals surface area contributed by atoms with E-state index >= 15 is 0 Å². The maximum atomic E-state index is 12.6. The van der Waals surface area contributed by atoms with E-state index in [1.165, 1.54) is 16.7 Å². The lowest BCUT2D eigenvalue weighted by Crippen LogP contribution is -2.26. The van der Waals surface area contributed by atoms with Crippen LogP contribution in [0.4, 0.5) is 0 Å². The second-order valence-electron chi connectivity index (χ2n) is 6.61.